The molecule has 0 aliphatic rings. The summed E-state index contributed by atoms with van der Waals surface area (Å²) in [5.74, 6) is 0.189. The van der Waals surface area contributed by atoms with Crippen molar-refractivity contribution in [3.05, 3.63) is 33.9 Å². The minimum Gasteiger partial charge on any atom is -0.481 e. The van der Waals surface area contributed by atoms with Gasteiger partial charge in [-0.15, -0.1) is 0 Å². The molecule has 2 atom stereocenters. The van der Waals surface area contributed by atoms with Crippen LogP contribution in [0.3, 0.4) is 0 Å². The lowest BCUT2D eigenvalue weighted by atomic mass is 10.1. The maximum atomic E-state index is 10.9. The zero-order valence-electron chi connectivity index (χ0n) is 11.4. The highest BCUT2D eigenvalue weighted by molar-refractivity contribution is 5.48. The first-order valence-electron chi connectivity index (χ1n) is 6.28. The third-order valence-corrected chi connectivity index (χ3v) is 2.79. The van der Waals surface area contributed by atoms with E-state index in [0.29, 0.717) is 6.54 Å². The molecule has 6 heteroatoms. The average molecular weight is 268 g/mol. The van der Waals surface area contributed by atoms with E-state index in [-0.39, 0.29) is 11.4 Å². The van der Waals surface area contributed by atoms with Gasteiger partial charge in [0.15, 0.2) is 5.75 Å². The molecule has 0 spiro atoms. The number of nitrogens with zero attached hydrogens (tertiary/aromatic N) is 1. The largest absolute Gasteiger partial charge is 0.481 e. The van der Waals surface area contributed by atoms with E-state index >= 15 is 0 Å². The summed E-state index contributed by atoms with van der Waals surface area (Å²) in [6.45, 7) is 6.67. The number of hydrogen-bond donors (Lipinski definition) is 2. The molecule has 106 valence electrons. The Balaban J connectivity index is 2.98. The molecule has 6 nitrogen and oxygen atoms in total. The van der Waals surface area contributed by atoms with Gasteiger partial charge in [0, 0.05) is 12.6 Å². The average Bonchev–Trinajstić information content (AvgIpc) is 2.36. The van der Waals surface area contributed by atoms with Crippen LogP contribution in [0.2, 0.25) is 0 Å². The molecule has 0 aromatic heterocycles. The number of aliphatic hydroxyl groups excluding tert-OH is 1. The highest BCUT2D eigenvalue weighted by atomic mass is 16.6. The quantitative estimate of drug-likeness (QED) is 0.582. The van der Waals surface area contributed by atoms with E-state index in [1.807, 2.05) is 6.92 Å². The van der Waals surface area contributed by atoms with Gasteiger partial charge in [-0.25, -0.2) is 0 Å². The smallest absolute Gasteiger partial charge is 0.310 e. The normalized spacial score (nSPS) is 13.9. The topological polar surface area (TPSA) is 84.6 Å². The molecule has 19 heavy (non-hydrogen) atoms. The van der Waals surface area contributed by atoms with Crippen LogP contribution in [0.25, 0.3) is 0 Å². The van der Waals surface area contributed by atoms with Crippen LogP contribution in [0.1, 0.15) is 26.3 Å². The van der Waals surface area contributed by atoms with Crippen molar-refractivity contribution >= 4 is 5.69 Å². The van der Waals surface area contributed by atoms with Crippen molar-refractivity contribution in [2.24, 2.45) is 0 Å². The Morgan fingerprint density at radius 1 is 1.47 bits per heavy atom. The van der Waals surface area contributed by atoms with E-state index in [9.17, 15) is 15.2 Å². The van der Waals surface area contributed by atoms with Crippen LogP contribution in [0.15, 0.2) is 18.2 Å². The predicted molar refractivity (Wildman–Crippen MR) is 72.2 cm³/mol. The molecule has 0 bridgehead atoms. The van der Waals surface area contributed by atoms with Gasteiger partial charge in [-0.1, -0.05) is 13.0 Å². The van der Waals surface area contributed by atoms with Gasteiger partial charge >= 0.3 is 5.69 Å². The first kappa shape index (κ1) is 15.4. The summed E-state index contributed by atoms with van der Waals surface area (Å²) in [5.41, 5.74) is 0.813. The van der Waals surface area contributed by atoms with Crippen LogP contribution in [0.4, 0.5) is 5.69 Å². The second-order valence-electron chi connectivity index (χ2n) is 4.40. The Hall–Kier alpha value is -1.66. The zero-order chi connectivity index (χ0) is 14.4. The second-order valence-corrected chi connectivity index (χ2v) is 4.40. The van der Waals surface area contributed by atoms with Crippen molar-refractivity contribution < 1.29 is 14.8 Å². The molecule has 0 aliphatic carbocycles. The molecule has 2 N–H and O–H groups in total. The van der Waals surface area contributed by atoms with Crippen LogP contribution in [0.5, 0.6) is 5.75 Å². The van der Waals surface area contributed by atoms with Gasteiger partial charge in [-0.05, 0) is 32.0 Å². The summed E-state index contributed by atoms with van der Waals surface area (Å²) in [4.78, 5) is 10.5. The molecule has 0 amide bonds. The lowest BCUT2D eigenvalue weighted by Crippen LogP contribution is -2.26. The van der Waals surface area contributed by atoms with Gasteiger partial charge in [0.1, 0.15) is 6.10 Å². The molecule has 2 unspecified atom stereocenters. The maximum Gasteiger partial charge on any atom is 0.310 e. The van der Waals surface area contributed by atoms with Gasteiger partial charge in [0.2, 0.25) is 0 Å². The Morgan fingerprint density at radius 2 is 2.16 bits per heavy atom. The highest BCUT2D eigenvalue weighted by Gasteiger charge is 2.19. The number of ether oxygens (including phenoxy) is 1. The Bertz CT molecular complexity index is 435. The fraction of sp³-hybridized carbons (Fsp3) is 0.538. The zero-order valence-corrected chi connectivity index (χ0v) is 11.4. The lowest BCUT2D eigenvalue weighted by molar-refractivity contribution is -0.386. The fourth-order valence-electron chi connectivity index (χ4n) is 1.48. The van der Waals surface area contributed by atoms with Crippen molar-refractivity contribution in [1.82, 2.24) is 5.32 Å². The number of nitro groups is 1. The summed E-state index contributed by atoms with van der Waals surface area (Å²) in [6.07, 6.45) is -1.20. The number of benzene rings is 1. The van der Waals surface area contributed by atoms with E-state index in [4.69, 9.17) is 4.74 Å². The fourth-order valence-corrected chi connectivity index (χ4v) is 1.48. The molecule has 1 aromatic carbocycles. The molecule has 0 aliphatic heterocycles. The third kappa shape index (κ3) is 4.50. The molecular formula is C13H20N2O4. The monoisotopic (exact) mass is 268 g/mol. The van der Waals surface area contributed by atoms with Crippen LogP contribution in [-0.4, -0.2) is 28.8 Å². The Labute approximate surface area is 112 Å². The van der Waals surface area contributed by atoms with E-state index in [0.717, 1.165) is 12.1 Å². The summed E-state index contributed by atoms with van der Waals surface area (Å²) >= 11 is 0. The van der Waals surface area contributed by atoms with Crippen molar-refractivity contribution in [2.45, 2.75) is 39.5 Å². The van der Waals surface area contributed by atoms with Crippen LogP contribution in [-0.2, 0) is 6.54 Å². The predicted octanol–water partition coefficient (Wildman–Crippen LogP) is 1.85. The molecular weight excluding hydrogens is 248 g/mol. The number of aliphatic hydroxyl groups is 1. The van der Waals surface area contributed by atoms with Crippen LogP contribution in [0, 0.1) is 10.1 Å². The molecule has 0 fully saturated rings. The lowest BCUT2D eigenvalue weighted by Gasteiger charge is -2.17. The molecule has 0 heterocycles. The van der Waals surface area contributed by atoms with Gasteiger partial charge in [-0.3, -0.25) is 10.1 Å². The van der Waals surface area contributed by atoms with E-state index < -0.39 is 17.1 Å². The van der Waals surface area contributed by atoms with Gasteiger partial charge in [0.25, 0.3) is 0 Å². The summed E-state index contributed by atoms with van der Waals surface area (Å²) in [5, 5.41) is 23.5. The highest BCUT2D eigenvalue weighted by Crippen LogP contribution is 2.29. The first-order chi connectivity index (χ1) is 8.95. The van der Waals surface area contributed by atoms with Crippen molar-refractivity contribution in [1.29, 1.82) is 0 Å². The number of nitro benzene ring substituents is 1. The molecule has 0 saturated carbocycles. The minimum absolute atomic E-state index is 0.0900. The molecule has 1 rings (SSSR count). The molecule has 0 saturated heterocycles. The van der Waals surface area contributed by atoms with E-state index in [2.05, 4.69) is 5.32 Å². The minimum atomic E-state index is -0.697. The van der Waals surface area contributed by atoms with Crippen molar-refractivity contribution in [3.8, 4) is 5.75 Å². The Kier molecular flexibility index (Phi) is 5.72. The van der Waals surface area contributed by atoms with Crippen LogP contribution >= 0.6 is 0 Å². The second kappa shape index (κ2) is 7.06. The van der Waals surface area contributed by atoms with E-state index in [1.54, 1.807) is 26.0 Å². The third-order valence-electron chi connectivity index (χ3n) is 2.79. The summed E-state index contributed by atoms with van der Waals surface area (Å²) in [7, 11) is 0. The number of hydrogen-bond acceptors (Lipinski definition) is 5. The summed E-state index contributed by atoms with van der Waals surface area (Å²) < 4.78 is 5.47. The van der Waals surface area contributed by atoms with Crippen molar-refractivity contribution in [3.63, 3.8) is 0 Å². The number of rotatable bonds is 7. The summed E-state index contributed by atoms with van der Waals surface area (Å²) in [6, 6.07) is 4.76. The maximum absolute atomic E-state index is 10.9. The van der Waals surface area contributed by atoms with Gasteiger partial charge in [0.05, 0.1) is 11.0 Å². The SMILES string of the molecule is CCNCc1ccc([N+](=O)[O-])c(OC(C)C(C)O)c1. The Morgan fingerprint density at radius 3 is 2.68 bits per heavy atom. The molecule has 1 aromatic rings. The van der Waals surface area contributed by atoms with Gasteiger partial charge < -0.3 is 15.2 Å². The molecule has 0 radical (unpaired) electrons. The van der Waals surface area contributed by atoms with Crippen molar-refractivity contribution in [2.75, 3.05) is 6.54 Å². The number of nitrogens with one attached hydrogen (secondary N) is 1. The van der Waals surface area contributed by atoms with E-state index in [1.165, 1.54) is 6.07 Å². The standard InChI is InChI=1S/C13H20N2O4/c1-4-14-8-11-5-6-12(15(17)18)13(7-11)19-10(3)9(2)16/h5-7,9-10,14,16H,4,8H2,1-3H3. The first-order valence-corrected chi connectivity index (χ1v) is 6.28. The van der Waals surface area contributed by atoms with Gasteiger partial charge in [-0.2, -0.15) is 0 Å². The van der Waals surface area contributed by atoms with Crippen LogP contribution < -0.4 is 10.1 Å².